The summed E-state index contributed by atoms with van der Waals surface area (Å²) in [5, 5.41) is 4.45. The molecule has 3 aromatic rings. The number of pyridine rings is 1. The number of aromatic nitrogens is 5. The Kier molecular flexibility index (Phi) is 4.85. The first-order valence-corrected chi connectivity index (χ1v) is 9.21. The number of halogens is 3. The maximum atomic E-state index is 12.9. The number of rotatable bonds is 3. The van der Waals surface area contributed by atoms with Gasteiger partial charge in [-0.15, -0.1) is 0 Å². The van der Waals surface area contributed by atoms with E-state index < -0.39 is 11.9 Å². The fraction of sp³-hybridized carbons (Fsp3) is 0.368. The molecule has 0 atom stereocenters. The molecule has 3 aromatic heterocycles. The minimum atomic E-state index is -4.45. The highest BCUT2D eigenvalue weighted by Gasteiger charge is 2.33. The zero-order chi connectivity index (χ0) is 20.6. The predicted octanol–water partition coefficient (Wildman–Crippen LogP) is 3.02. The van der Waals surface area contributed by atoms with Crippen LogP contribution in [-0.2, 0) is 6.18 Å². The molecule has 4 heterocycles. The highest BCUT2D eigenvalue weighted by molar-refractivity contribution is 5.47. The van der Waals surface area contributed by atoms with Crippen molar-refractivity contribution in [3.8, 4) is 5.82 Å². The van der Waals surface area contributed by atoms with Gasteiger partial charge in [0.2, 0.25) is 0 Å². The first-order valence-electron chi connectivity index (χ1n) is 9.21. The Bertz CT molecular complexity index is 1010. The lowest BCUT2D eigenvalue weighted by atomic mass is 10.2. The largest absolute Gasteiger partial charge is 0.433 e. The van der Waals surface area contributed by atoms with Crippen molar-refractivity contribution in [2.75, 3.05) is 36.0 Å². The molecule has 0 unspecified atom stereocenters. The number of nitrogens with zero attached hydrogens (tertiary/aromatic N) is 7. The zero-order valence-electron chi connectivity index (χ0n) is 16.1. The molecule has 0 spiro atoms. The van der Waals surface area contributed by atoms with Crippen molar-refractivity contribution in [1.29, 1.82) is 0 Å². The van der Waals surface area contributed by atoms with Crippen LogP contribution in [0.3, 0.4) is 0 Å². The second-order valence-electron chi connectivity index (χ2n) is 6.93. The van der Waals surface area contributed by atoms with Gasteiger partial charge in [0.25, 0.3) is 0 Å². The first kappa shape index (κ1) is 19.2. The van der Waals surface area contributed by atoms with Crippen molar-refractivity contribution in [3.63, 3.8) is 0 Å². The molecule has 4 rings (SSSR count). The third-order valence-corrected chi connectivity index (χ3v) is 4.82. The van der Waals surface area contributed by atoms with Gasteiger partial charge in [-0.25, -0.2) is 19.6 Å². The van der Waals surface area contributed by atoms with Gasteiger partial charge in [0.1, 0.15) is 23.7 Å². The second kappa shape index (κ2) is 7.34. The van der Waals surface area contributed by atoms with Crippen LogP contribution in [0.1, 0.15) is 17.1 Å². The Morgan fingerprint density at radius 1 is 0.862 bits per heavy atom. The molecule has 10 heteroatoms. The number of hydrogen-bond donors (Lipinski definition) is 0. The van der Waals surface area contributed by atoms with Crippen LogP contribution >= 0.6 is 0 Å². The van der Waals surface area contributed by atoms with Crippen LogP contribution in [0, 0.1) is 13.8 Å². The van der Waals surface area contributed by atoms with Gasteiger partial charge in [0.05, 0.1) is 5.69 Å². The molecule has 0 aromatic carbocycles. The maximum Gasteiger partial charge on any atom is 0.433 e. The Morgan fingerprint density at radius 2 is 1.52 bits per heavy atom. The lowest BCUT2D eigenvalue weighted by Gasteiger charge is -2.36. The van der Waals surface area contributed by atoms with Crippen molar-refractivity contribution >= 4 is 11.6 Å². The molecule has 1 saturated heterocycles. The molecule has 0 bridgehead atoms. The molecule has 0 aliphatic carbocycles. The fourth-order valence-corrected chi connectivity index (χ4v) is 3.41. The SMILES string of the molecule is Cc1cc(C)n(-c2cc(N3CCN(c4cccc(C(F)(F)F)n4)CC3)ncn2)n1. The van der Waals surface area contributed by atoms with E-state index in [-0.39, 0.29) is 0 Å². The summed E-state index contributed by atoms with van der Waals surface area (Å²) in [6.45, 7) is 6.22. The molecule has 0 radical (unpaired) electrons. The minimum Gasteiger partial charge on any atom is -0.353 e. The van der Waals surface area contributed by atoms with Crippen LogP contribution in [-0.4, -0.2) is 50.9 Å². The maximum absolute atomic E-state index is 12.9. The third kappa shape index (κ3) is 4.01. The summed E-state index contributed by atoms with van der Waals surface area (Å²) in [6.07, 6.45) is -2.94. The van der Waals surface area contributed by atoms with Crippen LogP contribution in [0.5, 0.6) is 0 Å². The average Bonchev–Trinajstić information content (AvgIpc) is 3.06. The van der Waals surface area contributed by atoms with Gasteiger partial charge in [-0.05, 0) is 32.0 Å². The molecule has 0 amide bonds. The van der Waals surface area contributed by atoms with E-state index in [4.69, 9.17) is 0 Å². The minimum absolute atomic E-state index is 0.338. The van der Waals surface area contributed by atoms with Crippen molar-refractivity contribution < 1.29 is 13.2 Å². The molecular formula is C19H20F3N7. The fourth-order valence-electron chi connectivity index (χ4n) is 3.41. The summed E-state index contributed by atoms with van der Waals surface area (Å²) in [5.41, 5.74) is 1.01. The van der Waals surface area contributed by atoms with E-state index in [1.54, 1.807) is 10.7 Å². The molecule has 7 nitrogen and oxygen atoms in total. The Morgan fingerprint density at radius 3 is 2.14 bits per heavy atom. The Labute approximate surface area is 165 Å². The highest BCUT2D eigenvalue weighted by atomic mass is 19.4. The lowest BCUT2D eigenvalue weighted by Crippen LogP contribution is -2.47. The van der Waals surface area contributed by atoms with Crippen LogP contribution in [0.25, 0.3) is 5.82 Å². The summed E-state index contributed by atoms with van der Waals surface area (Å²) in [7, 11) is 0. The van der Waals surface area contributed by atoms with Crippen LogP contribution in [0.15, 0.2) is 36.7 Å². The first-order chi connectivity index (χ1) is 13.8. The van der Waals surface area contributed by atoms with Gasteiger partial charge in [0.15, 0.2) is 5.82 Å². The molecule has 0 saturated carbocycles. The van der Waals surface area contributed by atoms with E-state index in [1.165, 1.54) is 12.4 Å². The molecule has 29 heavy (non-hydrogen) atoms. The van der Waals surface area contributed by atoms with Gasteiger partial charge in [0, 0.05) is 37.9 Å². The van der Waals surface area contributed by atoms with E-state index in [0.717, 1.165) is 23.3 Å². The number of piperazine rings is 1. The molecule has 1 aliphatic rings. The van der Waals surface area contributed by atoms with Gasteiger partial charge in [-0.3, -0.25) is 0 Å². The monoisotopic (exact) mass is 403 g/mol. The second-order valence-corrected chi connectivity index (χ2v) is 6.93. The van der Waals surface area contributed by atoms with Crippen LogP contribution < -0.4 is 9.80 Å². The average molecular weight is 403 g/mol. The number of hydrogen-bond acceptors (Lipinski definition) is 6. The summed E-state index contributed by atoms with van der Waals surface area (Å²) in [5.74, 6) is 1.78. The van der Waals surface area contributed by atoms with Crippen LogP contribution in [0.4, 0.5) is 24.8 Å². The quantitative estimate of drug-likeness (QED) is 0.670. The zero-order valence-corrected chi connectivity index (χ0v) is 16.1. The van der Waals surface area contributed by atoms with E-state index in [1.807, 2.05) is 30.9 Å². The number of anilines is 2. The summed E-state index contributed by atoms with van der Waals surface area (Å²) in [4.78, 5) is 16.4. The van der Waals surface area contributed by atoms with Crippen molar-refractivity contribution in [1.82, 2.24) is 24.7 Å². The normalized spacial score (nSPS) is 15.1. The highest BCUT2D eigenvalue weighted by Crippen LogP contribution is 2.29. The smallest absolute Gasteiger partial charge is 0.353 e. The molecule has 1 fully saturated rings. The van der Waals surface area contributed by atoms with E-state index in [0.29, 0.717) is 37.8 Å². The summed E-state index contributed by atoms with van der Waals surface area (Å²) in [6, 6.07) is 7.83. The summed E-state index contributed by atoms with van der Waals surface area (Å²) >= 11 is 0. The Balaban J connectivity index is 1.48. The van der Waals surface area contributed by atoms with E-state index in [2.05, 4.69) is 25.0 Å². The van der Waals surface area contributed by atoms with Crippen molar-refractivity contribution in [3.05, 3.63) is 53.7 Å². The van der Waals surface area contributed by atoms with Crippen molar-refractivity contribution in [2.45, 2.75) is 20.0 Å². The predicted molar refractivity (Wildman–Crippen MR) is 102 cm³/mol. The van der Waals surface area contributed by atoms with Gasteiger partial charge in [-0.1, -0.05) is 6.07 Å². The molecular weight excluding hydrogens is 383 g/mol. The number of aryl methyl sites for hydroxylation is 2. The van der Waals surface area contributed by atoms with E-state index in [9.17, 15) is 13.2 Å². The molecule has 1 aliphatic heterocycles. The topological polar surface area (TPSA) is 63.0 Å². The van der Waals surface area contributed by atoms with Crippen molar-refractivity contribution in [2.24, 2.45) is 0 Å². The van der Waals surface area contributed by atoms with Gasteiger partial charge >= 0.3 is 6.18 Å². The molecule has 152 valence electrons. The number of alkyl halides is 3. The standard InChI is InChI=1S/C19H20F3N7/c1-13-10-14(2)29(26-13)18-11-17(23-12-24-18)28-8-6-27(7-9-28)16-5-3-4-15(25-16)19(20,21)22/h3-5,10-12H,6-9H2,1-2H3. The summed E-state index contributed by atoms with van der Waals surface area (Å²) < 4.78 is 40.5. The van der Waals surface area contributed by atoms with E-state index >= 15 is 0 Å². The van der Waals surface area contributed by atoms with Gasteiger partial charge < -0.3 is 9.80 Å². The lowest BCUT2D eigenvalue weighted by molar-refractivity contribution is -0.141. The van der Waals surface area contributed by atoms with Gasteiger partial charge in [-0.2, -0.15) is 18.3 Å². The molecule has 0 N–H and O–H groups in total. The third-order valence-electron chi connectivity index (χ3n) is 4.82. The van der Waals surface area contributed by atoms with Crippen LogP contribution in [0.2, 0.25) is 0 Å². The Hall–Kier alpha value is -3.17.